The zero-order chi connectivity index (χ0) is 29.9. The SMILES string of the molecule is CCCCC[C@H](O)c1ccc(N2C(=O)CC[C@@H]2CCCc2ccc(C(=O)OC[C@@H](O)[C@H](O)[C@@H](O)[C@@H](O)CO)s2)cc1. The predicted octanol–water partition coefficient (Wildman–Crippen LogP) is 2.47. The van der Waals surface area contributed by atoms with Crippen molar-refractivity contribution >= 4 is 28.9 Å². The van der Waals surface area contributed by atoms with Gasteiger partial charge in [0.2, 0.25) is 5.91 Å². The number of hydrogen-bond donors (Lipinski definition) is 6. The molecule has 1 aliphatic heterocycles. The molecule has 3 rings (SSSR count). The van der Waals surface area contributed by atoms with E-state index < -0.39 is 49.7 Å². The Kier molecular flexibility index (Phi) is 13.2. The van der Waals surface area contributed by atoms with Crippen LogP contribution in [0.2, 0.25) is 0 Å². The fraction of sp³-hybridized carbons (Fsp3) is 0.600. The number of aryl methyl sites for hydroxylation is 1. The van der Waals surface area contributed by atoms with Gasteiger partial charge >= 0.3 is 5.97 Å². The number of esters is 1. The standard InChI is InChI=1S/C30H43NO9S/c1-2-3-4-8-23(33)19-9-11-21(12-10-19)31-20(13-16-27(31)36)6-5-7-22-14-15-26(41-22)30(39)40-18-25(35)29(38)28(37)24(34)17-32/h9-12,14-15,20,23-25,28-29,32-35,37-38H,2-8,13,16-18H2,1H3/t20-,23-,24-,25+,28-,29-/m0/s1. The number of anilines is 1. The Balaban J connectivity index is 1.47. The Bertz CT molecular complexity index is 1090. The Morgan fingerprint density at radius 2 is 1.71 bits per heavy atom. The predicted molar refractivity (Wildman–Crippen MR) is 155 cm³/mol. The number of ether oxygens (including phenoxy) is 1. The molecule has 0 unspecified atom stereocenters. The molecule has 0 bridgehead atoms. The van der Waals surface area contributed by atoms with E-state index in [4.69, 9.17) is 9.84 Å². The van der Waals surface area contributed by atoms with E-state index in [1.54, 1.807) is 6.07 Å². The van der Waals surface area contributed by atoms with E-state index in [2.05, 4.69) is 6.92 Å². The first kappa shape index (κ1) is 33.1. The second kappa shape index (κ2) is 16.3. The lowest BCUT2D eigenvalue weighted by atomic mass is 10.0. The monoisotopic (exact) mass is 593 g/mol. The molecule has 2 heterocycles. The second-order valence-electron chi connectivity index (χ2n) is 10.6. The molecule has 0 saturated carbocycles. The molecular weight excluding hydrogens is 550 g/mol. The molecule has 6 atom stereocenters. The average Bonchev–Trinajstić information content (AvgIpc) is 3.61. The minimum Gasteiger partial charge on any atom is -0.459 e. The third kappa shape index (κ3) is 9.31. The summed E-state index contributed by atoms with van der Waals surface area (Å²) in [6.45, 7) is 0.745. The van der Waals surface area contributed by atoms with Crippen LogP contribution >= 0.6 is 11.3 Å². The van der Waals surface area contributed by atoms with Crippen LogP contribution < -0.4 is 4.90 Å². The molecule has 1 aromatic heterocycles. The van der Waals surface area contributed by atoms with Crippen molar-refractivity contribution in [3.8, 4) is 0 Å². The normalized spacial score (nSPS) is 19.1. The second-order valence-corrected chi connectivity index (χ2v) is 11.8. The summed E-state index contributed by atoms with van der Waals surface area (Å²) in [6.07, 6.45) is 0.152. The van der Waals surface area contributed by atoms with Crippen LogP contribution in [-0.4, -0.2) is 86.2 Å². The third-order valence-electron chi connectivity index (χ3n) is 7.50. The Morgan fingerprint density at radius 3 is 2.39 bits per heavy atom. The molecule has 1 saturated heterocycles. The van der Waals surface area contributed by atoms with Crippen molar-refractivity contribution in [3.05, 3.63) is 51.7 Å². The Morgan fingerprint density at radius 1 is 1.00 bits per heavy atom. The van der Waals surface area contributed by atoms with E-state index in [9.17, 15) is 35.1 Å². The van der Waals surface area contributed by atoms with Crippen molar-refractivity contribution in [2.24, 2.45) is 0 Å². The number of rotatable bonds is 17. The summed E-state index contributed by atoms with van der Waals surface area (Å²) in [7, 11) is 0. The zero-order valence-electron chi connectivity index (χ0n) is 23.5. The molecule has 0 radical (unpaired) electrons. The number of aliphatic hydroxyl groups is 6. The molecule has 10 nitrogen and oxygen atoms in total. The molecule has 0 aliphatic carbocycles. The van der Waals surface area contributed by atoms with Crippen molar-refractivity contribution < 1.29 is 45.0 Å². The lowest BCUT2D eigenvalue weighted by Crippen LogP contribution is -2.47. The topological polar surface area (TPSA) is 168 Å². The van der Waals surface area contributed by atoms with Crippen LogP contribution in [0.15, 0.2) is 36.4 Å². The number of benzene rings is 1. The molecule has 6 N–H and O–H groups in total. The molecule has 1 aromatic carbocycles. The molecule has 41 heavy (non-hydrogen) atoms. The molecule has 1 aliphatic rings. The van der Waals surface area contributed by atoms with Gasteiger partial charge in [0.25, 0.3) is 0 Å². The molecule has 0 spiro atoms. The van der Waals surface area contributed by atoms with E-state index in [-0.39, 0.29) is 11.9 Å². The molecule has 2 aromatic rings. The van der Waals surface area contributed by atoms with E-state index in [0.717, 1.165) is 61.1 Å². The molecular formula is C30H43NO9S. The van der Waals surface area contributed by atoms with E-state index in [1.807, 2.05) is 35.2 Å². The highest BCUT2D eigenvalue weighted by Crippen LogP contribution is 2.31. The van der Waals surface area contributed by atoms with Crippen LogP contribution in [0.1, 0.15) is 84.5 Å². The highest BCUT2D eigenvalue weighted by Gasteiger charge is 2.32. The first-order valence-electron chi connectivity index (χ1n) is 14.3. The molecule has 1 fully saturated rings. The number of hydrogen-bond acceptors (Lipinski definition) is 10. The molecule has 11 heteroatoms. The average molecular weight is 594 g/mol. The number of aliphatic hydroxyl groups excluding tert-OH is 6. The van der Waals surface area contributed by atoms with Gasteiger partial charge < -0.3 is 40.3 Å². The smallest absolute Gasteiger partial charge is 0.348 e. The van der Waals surface area contributed by atoms with Crippen molar-refractivity contribution in [2.45, 2.75) is 101 Å². The van der Waals surface area contributed by atoms with E-state index in [0.29, 0.717) is 17.7 Å². The summed E-state index contributed by atoms with van der Waals surface area (Å²) < 4.78 is 5.04. The number of carbonyl (C=O) groups excluding carboxylic acids is 2. The van der Waals surface area contributed by atoms with Gasteiger partial charge in [-0.3, -0.25) is 4.79 Å². The number of amides is 1. The maximum atomic E-state index is 12.7. The van der Waals surface area contributed by atoms with Gasteiger partial charge in [-0.15, -0.1) is 11.3 Å². The lowest BCUT2D eigenvalue weighted by molar-refractivity contribution is -0.124. The lowest BCUT2D eigenvalue weighted by Gasteiger charge is -2.25. The maximum absolute atomic E-state index is 12.7. The minimum absolute atomic E-state index is 0.0832. The van der Waals surface area contributed by atoms with Gasteiger partial charge in [-0.25, -0.2) is 4.79 Å². The summed E-state index contributed by atoms with van der Waals surface area (Å²) in [5, 5.41) is 58.1. The van der Waals surface area contributed by atoms with Gasteiger partial charge in [0.1, 0.15) is 35.9 Å². The van der Waals surface area contributed by atoms with Crippen LogP contribution in [0.3, 0.4) is 0 Å². The quantitative estimate of drug-likeness (QED) is 0.119. The first-order valence-corrected chi connectivity index (χ1v) is 15.2. The van der Waals surface area contributed by atoms with E-state index in [1.165, 1.54) is 11.3 Å². The number of unbranched alkanes of at least 4 members (excludes halogenated alkanes) is 2. The van der Waals surface area contributed by atoms with Crippen LogP contribution in [0.5, 0.6) is 0 Å². The van der Waals surface area contributed by atoms with Crippen LogP contribution in [-0.2, 0) is 16.0 Å². The summed E-state index contributed by atoms with van der Waals surface area (Å²) >= 11 is 1.26. The van der Waals surface area contributed by atoms with Crippen molar-refractivity contribution in [3.63, 3.8) is 0 Å². The van der Waals surface area contributed by atoms with Crippen molar-refractivity contribution in [2.75, 3.05) is 18.1 Å². The summed E-state index contributed by atoms with van der Waals surface area (Å²) in [5.74, 6) is -0.589. The van der Waals surface area contributed by atoms with Crippen LogP contribution in [0.4, 0.5) is 5.69 Å². The minimum atomic E-state index is -1.80. The summed E-state index contributed by atoms with van der Waals surface area (Å²) in [4.78, 5) is 28.2. The van der Waals surface area contributed by atoms with Gasteiger partial charge in [-0.1, -0.05) is 38.3 Å². The number of thiophene rings is 1. The number of carbonyl (C=O) groups is 2. The first-order chi connectivity index (χ1) is 19.7. The van der Waals surface area contributed by atoms with Gasteiger partial charge in [0.05, 0.1) is 12.7 Å². The van der Waals surface area contributed by atoms with E-state index >= 15 is 0 Å². The zero-order valence-corrected chi connectivity index (χ0v) is 24.3. The van der Waals surface area contributed by atoms with Gasteiger partial charge in [-0.2, -0.15) is 0 Å². The summed E-state index contributed by atoms with van der Waals surface area (Å²) in [5.41, 5.74) is 1.71. The third-order valence-corrected chi connectivity index (χ3v) is 8.62. The molecule has 1 amide bonds. The fourth-order valence-corrected chi connectivity index (χ4v) is 5.95. The number of nitrogens with zero attached hydrogens (tertiary/aromatic N) is 1. The van der Waals surface area contributed by atoms with Gasteiger partial charge in [0.15, 0.2) is 0 Å². The van der Waals surface area contributed by atoms with Crippen LogP contribution in [0, 0.1) is 0 Å². The Labute approximate surface area is 244 Å². The highest BCUT2D eigenvalue weighted by atomic mass is 32.1. The highest BCUT2D eigenvalue weighted by molar-refractivity contribution is 7.13. The maximum Gasteiger partial charge on any atom is 0.348 e. The van der Waals surface area contributed by atoms with Crippen LogP contribution in [0.25, 0.3) is 0 Å². The fourth-order valence-electron chi connectivity index (χ4n) is 5.01. The largest absolute Gasteiger partial charge is 0.459 e. The van der Waals surface area contributed by atoms with Crippen molar-refractivity contribution in [1.82, 2.24) is 0 Å². The van der Waals surface area contributed by atoms with Gasteiger partial charge in [-0.05, 0) is 61.9 Å². The summed E-state index contributed by atoms with van der Waals surface area (Å²) in [6, 6.07) is 11.2. The van der Waals surface area contributed by atoms with Gasteiger partial charge in [0, 0.05) is 23.0 Å². The molecule has 228 valence electrons. The van der Waals surface area contributed by atoms with Crippen molar-refractivity contribution in [1.29, 1.82) is 0 Å². The Hall–Kier alpha value is -2.38.